The summed E-state index contributed by atoms with van der Waals surface area (Å²) in [6.07, 6.45) is 14.8. The van der Waals surface area contributed by atoms with Crippen molar-refractivity contribution < 1.29 is 19.4 Å². The maximum Gasteiger partial charge on any atom is 0.306 e. The van der Waals surface area contributed by atoms with E-state index < -0.39 is 5.60 Å². The summed E-state index contributed by atoms with van der Waals surface area (Å²) in [6, 6.07) is 13.3. The van der Waals surface area contributed by atoms with Gasteiger partial charge in [0.1, 0.15) is 18.5 Å². The Balaban J connectivity index is 1.76. The van der Waals surface area contributed by atoms with Gasteiger partial charge in [0.05, 0.1) is 5.60 Å². The third kappa shape index (κ3) is 8.00. The minimum Gasteiger partial charge on any atom is -0.489 e. The molecule has 1 fully saturated rings. The molecule has 1 aliphatic heterocycles. The predicted molar refractivity (Wildman–Crippen MR) is 166 cm³/mol. The maximum absolute atomic E-state index is 11.4. The Bertz CT molecular complexity index is 1130. The highest BCUT2D eigenvalue weighted by Gasteiger charge is 2.32. The zero-order valence-corrected chi connectivity index (χ0v) is 25.9. The number of cyclic esters (lactones) is 1. The van der Waals surface area contributed by atoms with Gasteiger partial charge in [0.2, 0.25) is 0 Å². The zero-order chi connectivity index (χ0) is 29.2. The summed E-state index contributed by atoms with van der Waals surface area (Å²) in [6.45, 7) is 13.5. The summed E-state index contributed by atoms with van der Waals surface area (Å²) >= 11 is 0. The topological polar surface area (TPSA) is 55.8 Å². The smallest absolute Gasteiger partial charge is 0.306 e. The third-order valence-electron chi connectivity index (χ3n) is 9.05. The molecule has 0 bridgehead atoms. The number of carbonyl (C=O) groups is 1. The predicted octanol–water partition coefficient (Wildman–Crippen LogP) is 9.01. The van der Waals surface area contributed by atoms with Gasteiger partial charge < -0.3 is 14.6 Å². The van der Waals surface area contributed by atoms with Crippen molar-refractivity contribution in [3.63, 3.8) is 0 Å². The normalized spacial score (nSPS) is 17.3. The number of carbonyl (C=O) groups excluding carboxylic acids is 1. The quantitative estimate of drug-likeness (QED) is 0.168. The van der Waals surface area contributed by atoms with Crippen LogP contribution in [0.1, 0.15) is 126 Å². The molecule has 40 heavy (non-hydrogen) atoms. The highest BCUT2D eigenvalue weighted by Crippen LogP contribution is 2.41. The van der Waals surface area contributed by atoms with Gasteiger partial charge in [-0.05, 0) is 79.8 Å². The first-order chi connectivity index (χ1) is 19.2. The SMILES string of the molecule is CCCCCCCC(O)(C=Cc1ccc(C(CC)(CC)c2ccc(OC[C@@H]3CCC(=O)O3)c(C)c2)cc1C)CC. The van der Waals surface area contributed by atoms with Gasteiger partial charge in [-0.15, -0.1) is 0 Å². The van der Waals surface area contributed by atoms with E-state index in [0.29, 0.717) is 13.0 Å². The van der Waals surface area contributed by atoms with Gasteiger partial charge in [-0.1, -0.05) is 102 Å². The molecule has 220 valence electrons. The van der Waals surface area contributed by atoms with Gasteiger partial charge in [-0.3, -0.25) is 4.79 Å². The van der Waals surface area contributed by atoms with Gasteiger partial charge in [-0.25, -0.2) is 0 Å². The molecule has 1 heterocycles. The van der Waals surface area contributed by atoms with E-state index in [0.717, 1.165) is 55.4 Å². The van der Waals surface area contributed by atoms with Crippen LogP contribution in [-0.4, -0.2) is 29.4 Å². The molecular formula is C36H52O4. The van der Waals surface area contributed by atoms with Crippen molar-refractivity contribution >= 4 is 12.0 Å². The fraction of sp³-hybridized carbons (Fsp3) is 0.583. The van der Waals surface area contributed by atoms with Crippen LogP contribution in [0.4, 0.5) is 0 Å². The summed E-state index contributed by atoms with van der Waals surface area (Å²) < 4.78 is 11.3. The van der Waals surface area contributed by atoms with Gasteiger partial charge in [0.15, 0.2) is 0 Å². The number of rotatable bonds is 16. The number of ether oxygens (including phenoxy) is 2. The molecule has 0 amide bonds. The lowest BCUT2D eigenvalue weighted by Crippen LogP contribution is -2.26. The van der Waals surface area contributed by atoms with Crippen molar-refractivity contribution in [3.05, 3.63) is 70.3 Å². The number of aliphatic hydroxyl groups is 1. The monoisotopic (exact) mass is 548 g/mol. The van der Waals surface area contributed by atoms with Crippen molar-refractivity contribution in [1.82, 2.24) is 0 Å². The molecule has 4 nitrogen and oxygen atoms in total. The number of benzene rings is 2. The summed E-state index contributed by atoms with van der Waals surface area (Å²) in [4.78, 5) is 11.4. The second-order valence-electron chi connectivity index (χ2n) is 11.8. The Labute approximate surface area is 243 Å². The summed E-state index contributed by atoms with van der Waals surface area (Å²) in [5.41, 5.74) is 5.26. The lowest BCUT2D eigenvalue weighted by atomic mass is 9.70. The first-order valence-corrected chi connectivity index (χ1v) is 15.7. The van der Waals surface area contributed by atoms with Crippen molar-refractivity contribution in [2.45, 2.75) is 129 Å². The van der Waals surface area contributed by atoms with E-state index in [1.807, 2.05) is 6.08 Å². The minimum atomic E-state index is -0.741. The van der Waals surface area contributed by atoms with E-state index in [1.54, 1.807) is 0 Å². The van der Waals surface area contributed by atoms with Crippen LogP contribution in [0, 0.1) is 13.8 Å². The lowest BCUT2D eigenvalue weighted by molar-refractivity contribution is -0.142. The van der Waals surface area contributed by atoms with Gasteiger partial charge >= 0.3 is 5.97 Å². The van der Waals surface area contributed by atoms with Gasteiger partial charge in [0, 0.05) is 11.8 Å². The van der Waals surface area contributed by atoms with Crippen LogP contribution in [0.5, 0.6) is 5.75 Å². The number of unbranched alkanes of at least 4 members (excludes halogenated alkanes) is 4. The Morgan fingerprint density at radius 3 is 2.17 bits per heavy atom. The van der Waals surface area contributed by atoms with Crippen molar-refractivity contribution in [2.75, 3.05) is 6.61 Å². The van der Waals surface area contributed by atoms with E-state index in [4.69, 9.17) is 9.47 Å². The Morgan fingerprint density at radius 2 is 1.60 bits per heavy atom. The largest absolute Gasteiger partial charge is 0.489 e. The van der Waals surface area contributed by atoms with Crippen molar-refractivity contribution in [2.24, 2.45) is 0 Å². The van der Waals surface area contributed by atoms with Crippen LogP contribution in [0.2, 0.25) is 0 Å². The van der Waals surface area contributed by atoms with Crippen LogP contribution in [0.15, 0.2) is 42.5 Å². The number of hydrogen-bond acceptors (Lipinski definition) is 4. The van der Waals surface area contributed by atoms with Crippen LogP contribution in [0.25, 0.3) is 6.08 Å². The van der Waals surface area contributed by atoms with E-state index in [-0.39, 0.29) is 17.5 Å². The second kappa shape index (κ2) is 14.9. The molecule has 0 saturated carbocycles. The number of aryl methyl sites for hydroxylation is 2. The Morgan fingerprint density at radius 1 is 0.925 bits per heavy atom. The molecule has 2 aromatic rings. The fourth-order valence-corrected chi connectivity index (χ4v) is 6.04. The van der Waals surface area contributed by atoms with Gasteiger partial charge in [0.25, 0.3) is 0 Å². The van der Waals surface area contributed by atoms with Crippen molar-refractivity contribution in [3.8, 4) is 5.75 Å². The highest BCUT2D eigenvalue weighted by molar-refractivity contribution is 5.71. The molecule has 1 unspecified atom stereocenters. The first kappa shape index (κ1) is 31.9. The molecule has 1 aliphatic rings. The lowest BCUT2D eigenvalue weighted by Gasteiger charge is -2.34. The first-order valence-electron chi connectivity index (χ1n) is 15.7. The Kier molecular flexibility index (Phi) is 11.9. The molecule has 1 N–H and O–H groups in total. The maximum atomic E-state index is 11.4. The van der Waals surface area contributed by atoms with E-state index >= 15 is 0 Å². The molecule has 3 rings (SSSR count). The molecule has 4 heteroatoms. The summed E-state index contributed by atoms with van der Waals surface area (Å²) in [7, 11) is 0. The van der Waals surface area contributed by atoms with Gasteiger partial charge in [-0.2, -0.15) is 0 Å². The summed E-state index contributed by atoms with van der Waals surface area (Å²) in [5.74, 6) is 0.713. The molecule has 2 aromatic carbocycles. The fourth-order valence-electron chi connectivity index (χ4n) is 6.04. The molecule has 0 aliphatic carbocycles. The van der Waals surface area contributed by atoms with Crippen LogP contribution >= 0.6 is 0 Å². The average molecular weight is 549 g/mol. The highest BCUT2D eigenvalue weighted by atomic mass is 16.6. The molecular weight excluding hydrogens is 496 g/mol. The van der Waals surface area contributed by atoms with E-state index in [2.05, 4.69) is 84.0 Å². The average Bonchev–Trinajstić information content (AvgIpc) is 3.38. The third-order valence-corrected chi connectivity index (χ3v) is 9.05. The van der Waals surface area contributed by atoms with Crippen molar-refractivity contribution in [1.29, 1.82) is 0 Å². The van der Waals surface area contributed by atoms with E-state index in [9.17, 15) is 9.90 Å². The number of esters is 1. The van der Waals surface area contributed by atoms with Crippen LogP contribution < -0.4 is 4.74 Å². The molecule has 0 radical (unpaired) electrons. The zero-order valence-electron chi connectivity index (χ0n) is 25.9. The van der Waals surface area contributed by atoms with E-state index in [1.165, 1.54) is 42.4 Å². The molecule has 2 atom stereocenters. The molecule has 1 saturated heterocycles. The Hall–Kier alpha value is -2.59. The summed E-state index contributed by atoms with van der Waals surface area (Å²) in [5, 5.41) is 11.2. The second-order valence-corrected chi connectivity index (χ2v) is 11.8. The minimum absolute atomic E-state index is 0.0973. The number of hydrogen-bond donors (Lipinski definition) is 1. The molecule has 0 spiro atoms. The van der Waals surface area contributed by atoms with Crippen LogP contribution in [-0.2, 0) is 14.9 Å². The standard InChI is InChI=1S/C36H52O4/c1-7-11-12-13-14-22-35(38,8-2)23-21-29-15-16-30(24-27(29)5)36(9-3,10-4)31-17-19-33(28(6)25-31)39-26-32-18-20-34(37)40-32/h15-17,19,21,23-25,32,38H,7-14,18,20,22,26H2,1-6H3/t32-,35?/m0/s1. The molecule has 0 aromatic heterocycles. The van der Waals surface area contributed by atoms with Crippen LogP contribution in [0.3, 0.4) is 0 Å².